The summed E-state index contributed by atoms with van der Waals surface area (Å²) in [5.41, 5.74) is 8.52. The Labute approximate surface area is 129 Å². The number of rotatable bonds is 5. The van der Waals surface area contributed by atoms with Crippen LogP contribution in [0.15, 0.2) is 59.6 Å². The molecule has 0 fully saturated rings. The molecule has 0 saturated heterocycles. The molecule has 114 valence electrons. The van der Waals surface area contributed by atoms with Crippen molar-refractivity contribution in [3.05, 3.63) is 60.2 Å². The minimum Gasteiger partial charge on any atom is -0.398 e. The third-order valence-electron chi connectivity index (χ3n) is 3.22. The van der Waals surface area contributed by atoms with Crippen molar-refractivity contribution in [1.29, 1.82) is 0 Å². The van der Waals surface area contributed by atoms with Crippen LogP contribution in [0.25, 0.3) is 0 Å². The van der Waals surface area contributed by atoms with Gasteiger partial charge < -0.3 is 5.73 Å². The lowest BCUT2D eigenvalue weighted by molar-refractivity contribution is -0.122. The van der Waals surface area contributed by atoms with Gasteiger partial charge in [-0.1, -0.05) is 36.4 Å². The van der Waals surface area contributed by atoms with Crippen molar-refractivity contribution in [3.63, 3.8) is 0 Å². The predicted octanol–water partition coefficient (Wildman–Crippen LogP) is 3.04. The number of carbonyl (C=O) groups excluding carboxylic acids is 1. The predicted molar refractivity (Wildman–Crippen MR) is 88.0 cm³/mol. The molecule has 2 rings (SSSR count). The molecular formula is C17H19N3O2. The summed E-state index contributed by atoms with van der Waals surface area (Å²) in [4.78, 5) is 16.4. The number of carbonyl (C=O) groups is 1. The first-order chi connectivity index (χ1) is 10.6. The molecule has 0 heterocycles. The van der Waals surface area contributed by atoms with Gasteiger partial charge in [0.2, 0.25) is 0 Å². The Hall–Kier alpha value is -2.66. The smallest absolute Gasteiger partial charge is 0.256 e. The fraction of sp³-hybridized carbons (Fsp3) is 0.176. The molecule has 0 aliphatic carbocycles. The molecule has 0 unspecified atom stereocenters. The van der Waals surface area contributed by atoms with Crippen LogP contribution in [0.4, 0.5) is 11.4 Å². The zero-order valence-electron chi connectivity index (χ0n) is 12.4. The van der Waals surface area contributed by atoms with Gasteiger partial charge in [-0.05, 0) is 30.7 Å². The number of nitrogens with zero attached hydrogens (tertiary/aromatic N) is 2. The Morgan fingerprint density at radius 1 is 1.14 bits per heavy atom. The zero-order chi connectivity index (χ0) is 15.9. The number of amides is 1. The summed E-state index contributed by atoms with van der Waals surface area (Å²) in [6.45, 7) is 2.18. The van der Waals surface area contributed by atoms with Crippen LogP contribution in [0, 0.1) is 0 Å². The van der Waals surface area contributed by atoms with Gasteiger partial charge in [-0.2, -0.15) is 5.06 Å². The summed E-state index contributed by atoms with van der Waals surface area (Å²) in [5.74, 6) is -0.423. The van der Waals surface area contributed by atoms with E-state index < -0.39 is 5.91 Å². The van der Waals surface area contributed by atoms with Crippen molar-refractivity contribution < 1.29 is 10.0 Å². The van der Waals surface area contributed by atoms with Crippen molar-refractivity contribution in [3.8, 4) is 0 Å². The number of nitrogen functional groups attached to an aromatic ring is 1. The van der Waals surface area contributed by atoms with Gasteiger partial charge in [0.15, 0.2) is 0 Å². The van der Waals surface area contributed by atoms with Gasteiger partial charge in [0.25, 0.3) is 5.91 Å². The van der Waals surface area contributed by atoms with E-state index >= 15 is 0 Å². The van der Waals surface area contributed by atoms with Gasteiger partial charge in [0.05, 0.1) is 18.7 Å². The Balaban J connectivity index is 1.96. The van der Waals surface area contributed by atoms with E-state index in [1.807, 2.05) is 30.3 Å². The summed E-state index contributed by atoms with van der Waals surface area (Å²) in [6, 6.07) is 16.1. The Bertz CT molecular complexity index is 669. The summed E-state index contributed by atoms with van der Waals surface area (Å²) in [6.07, 6.45) is 0.0537. The fourth-order valence-electron chi connectivity index (χ4n) is 1.96. The number of anilines is 2. The van der Waals surface area contributed by atoms with E-state index in [4.69, 9.17) is 5.73 Å². The highest BCUT2D eigenvalue weighted by Gasteiger charge is 2.13. The van der Waals surface area contributed by atoms with Crippen LogP contribution >= 0.6 is 0 Å². The Kier molecular flexibility index (Phi) is 5.27. The molecule has 0 spiro atoms. The Morgan fingerprint density at radius 3 is 2.45 bits per heavy atom. The first-order valence-corrected chi connectivity index (χ1v) is 6.98. The third kappa shape index (κ3) is 4.17. The quantitative estimate of drug-likeness (QED) is 0.385. The van der Waals surface area contributed by atoms with Crippen LogP contribution in [0.3, 0.4) is 0 Å². The normalized spacial score (nSPS) is 11.3. The largest absolute Gasteiger partial charge is 0.398 e. The molecule has 0 atom stereocenters. The van der Waals surface area contributed by atoms with Crippen LogP contribution in [-0.2, 0) is 11.3 Å². The van der Waals surface area contributed by atoms with E-state index in [0.717, 1.165) is 5.56 Å². The van der Waals surface area contributed by atoms with Crippen molar-refractivity contribution in [2.24, 2.45) is 4.99 Å². The number of nitrogens with two attached hydrogens (primary N) is 1. The molecule has 5 nitrogen and oxygen atoms in total. The van der Waals surface area contributed by atoms with Gasteiger partial charge in [0, 0.05) is 11.4 Å². The lowest BCUT2D eigenvalue weighted by Gasteiger charge is -2.14. The molecule has 2 aromatic rings. The standard InChI is InChI=1S/C17H19N3O2/c1-13(19-12-14-7-5-6-10-16(14)18)11-17(21)20(22)15-8-3-2-4-9-15/h2-10,22H,11-12,18H2,1H3. The van der Waals surface area contributed by atoms with Gasteiger partial charge in [0.1, 0.15) is 0 Å². The van der Waals surface area contributed by atoms with E-state index in [1.54, 1.807) is 31.2 Å². The molecule has 2 aromatic carbocycles. The topological polar surface area (TPSA) is 78.9 Å². The molecule has 22 heavy (non-hydrogen) atoms. The van der Waals surface area contributed by atoms with Crippen molar-refractivity contribution in [2.45, 2.75) is 19.9 Å². The van der Waals surface area contributed by atoms with Crippen LogP contribution in [0.5, 0.6) is 0 Å². The van der Waals surface area contributed by atoms with Crippen LogP contribution in [-0.4, -0.2) is 16.8 Å². The fourth-order valence-corrected chi connectivity index (χ4v) is 1.96. The number of hydrogen-bond acceptors (Lipinski definition) is 4. The number of benzene rings is 2. The van der Waals surface area contributed by atoms with E-state index in [0.29, 0.717) is 28.7 Å². The minimum absolute atomic E-state index is 0.0537. The summed E-state index contributed by atoms with van der Waals surface area (Å²) in [7, 11) is 0. The van der Waals surface area contributed by atoms with Gasteiger partial charge in [-0.25, -0.2) is 0 Å². The zero-order valence-corrected chi connectivity index (χ0v) is 12.4. The molecule has 5 heteroatoms. The summed E-state index contributed by atoms with van der Waals surface area (Å²) in [5, 5.41) is 10.5. The highest BCUT2D eigenvalue weighted by atomic mass is 16.5. The maximum atomic E-state index is 12.0. The summed E-state index contributed by atoms with van der Waals surface area (Å²) >= 11 is 0. The van der Waals surface area contributed by atoms with Crippen molar-refractivity contribution in [2.75, 3.05) is 10.8 Å². The van der Waals surface area contributed by atoms with E-state index in [1.165, 1.54) is 0 Å². The second-order valence-electron chi connectivity index (χ2n) is 4.97. The maximum absolute atomic E-state index is 12.0. The SMILES string of the molecule is CC(CC(=O)N(O)c1ccccc1)=NCc1ccccc1N. The molecule has 1 amide bonds. The molecule has 0 saturated carbocycles. The summed E-state index contributed by atoms with van der Waals surface area (Å²) < 4.78 is 0. The monoisotopic (exact) mass is 297 g/mol. The lowest BCUT2D eigenvalue weighted by atomic mass is 10.2. The molecule has 0 aliphatic heterocycles. The van der Waals surface area contributed by atoms with Gasteiger partial charge in [-0.3, -0.25) is 15.0 Å². The van der Waals surface area contributed by atoms with Crippen LogP contribution in [0.2, 0.25) is 0 Å². The first kappa shape index (κ1) is 15.7. The van der Waals surface area contributed by atoms with Gasteiger partial charge in [-0.15, -0.1) is 0 Å². The molecule has 0 aromatic heterocycles. The molecule has 3 N–H and O–H groups in total. The first-order valence-electron chi connectivity index (χ1n) is 6.98. The van der Waals surface area contributed by atoms with Gasteiger partial charge >= 0.3 is 0 Å². The highest BCUT2D eigenvalue weighted by Crippen LogP contribution is 2.14. The van der Waals surface area contributed by atoms with E-state index in [2.05, 4.69) is 4.99 Å². The second kappa shape index (κ2) is 7.38. The second-order valence-corrected chi connectivity index (χ2v) is 4.97. The van der Waals surface area contributed by atoms with E-state index in [-0.39, 0.29) is 6.42 Å². The minimum atomic E-state index is -0.423. The maximum Gasteiger partial charge on any atom is 0.256 e. The third-order valence-corrected chi connectivity index (χ3v) is 3.22. The average Bonchev–Trinajstić information content (AvgIpc) is 2.54. The average molecular weight is 297 g/mol. The number of hydroxylamine groups is 1. The number of para-hydroxylation sites is 2. The molecule has 0 radical (unpaired) electrons. The molecule has 0 bridgehead atoms. The van der Waals surface area contributed by atoms with Crippen LogP contribution < -0.4 is 10.8 Å². The molecular weight excluding hydrogens is 278 g/mol. The number of aliphatic imine (C=N–C) groups is 1. The number of hydrogen-bond donors (Lipinski definition) is 2. The van der Waals surface area contributed by atoms with Crippen LogP contribution in [0.1, 0.15) is 18.9 Å². The highest BCUT2D eigenvalue weighted by molar-refractivity contribution is 6.05. The van der Waals surface area contributed by atoms with E-state index in [9.17, 15) is 10.0 Å². The van der Waals surface area contributed by atoms with Crippen molar-refractivity contribution >= 4 is 23.0 Å². The van der Waals surface area contributed by atoms with Crippen molar-refractivity contribution in [1.82, 2.24) is 0 Å². The molecule has 0 aliphatic rings. The lowest BCUT2D eigenvalue weighted by Crippen LogP contribution is -2.28. The Morgan fingerprint density at radius 2 is 1.77 bits per heavy atom.